The Hall–Kier alpha value is -2.95. The zero-order valence-electron chi connectivity index (χ0n) is 16.0. The number of likely N-dealkylation sites (tertiary alicyclic amines) is 1. The average molecular weight is 377 g/mol. The minimum atomic E-state index is -0.155. The standard InChI is InChI=1S/C23H24FN3O/c1-17-6-7-18(14-22(17)24)12-20-8-11-26(15-20)23(28)21-5-2-4-19(13-21)16-27-10-3-9-25-27/h2-7,9-10,13-14,20H,8,11-12,15-16H2,1H3. The zero-order chi connectivity index (χ0) is 19.5. The molecule has 2 heterocycles. The molecule has 3 aromatic rings. The maximum atomic E-state index is 13.8. The smallest absolute Gasteiger partial charge is 0.253 e. The predicted molar refractivity (Wildman–Crippen MR) is 107 cm³/mol. The first-order valence-corrected chi connectivity index (χ1v) is 9.69. The molecule has 1 fully saturated rings. The summed E-state index contributed by atoms with van der Waals surface area (Å²) < 4.78 is 15.6. The summed E-state index contributed by atoms with van der Waals surface area (Å²) in [5.74, 6) is 0.288. The van der Waals surface area contributed by atoms with E-state index in [2.05, 4.69) is 5.10 Å². The monoisotopic (exact) mass is 377 g/mol. The van der Waals surface area contributed by atoms with Crippen molar-refractivity contribution in [1.82, 2.24) is 14.7 Å². The Morgan fingerprint density at radius 1 is 1.18 bits per heavy atom. The molecule has 1 aliphatic rings. The Labute approximate surface area is 164 Å². The molecule has 0 bridgehead atoms. The molecule has 1 saturated heterocycles. The fourth-order valence-electron chi connectivity index (χ4n) is 3.85. The lowest BCUT2D eigenvalue weighted by Crippen LogP contribution is -2.29. The van der Waals surface area contributed by atoms with E-state index < -0.39 is 0 Å². The van der Waals surface area contributed by atoms with Crippen LogP contribution in [0.1, 0.15) is 33.5 Å². The van der Waals surface area contributed by atoms with Crippen molar-refractivity contribution in [3.63, 3.8) is 0 Å². The largest absolute Gasteiger partial charge is 0.338 e. The number of carbonyl (C=O) groups excluding carboxylic acids is 1. The summed E-state index contributed by atoms with van der Waals surface area (Å²) in [5, 5.41) is 4.22. The third-order valence-electron chi connectivity index (χ3n) is 5.41. The Morgan fingerprint density at radius 3 is 2.86 bits per heavy atom. The van der Waals surface area contributed by atoms with E-state index in [1.54, 1.807) is 19.2 Å². The predicted octanol–water partition coefficient (Wildman–Crippen LogP) is 4.08. The topological polar surface area (TPSA) is 38.1 Å². The average Bonchev–Trinajstić information content (AvgIpc) is 3.37. The van der Waals surface area contributed by atoms with E-state index >= 15 is 0 Å². The van der Waals surface area contributed by atoms with Crippen molar-refractivity contribution in [1.29, 1.82) is 0 Å². The van der Waals surface area contributed by atoms with E-state index in [0.717, 1.165) is 37.1 Å². The number of carbonyl (C=O) groups is 1. The number of nitrogens with zero attached hydrogens (tertiary/aromatic N) is 3. The number of rotatable bonds is 5. The molecule has 1 aliphatic heterocycles. The summed E-state index contributed by atoms with van der Waals surface area (Å²) in [6.45, 7) is 3.89. The van der Waals surface area contributed by atoms with Crippen molar-refractivity contribution in [2.75, 3.05) is 13.1 Å². The normalized spacial score (nSPS) is 16.5. The van der Waals surface area contributed by atoms with Gasteiger partial charge in [0.15, 0.2) is 0 Å². The number of hydrogen-bond acceptors (Lipinski definition) is 2. The van der Waals surface area contributed by atoms with Gasteiger partial charge in [-0.15, -0.1) is 0 Å². The van der Waals surface area contributed by atoms with E-state index in [1.165, 1.54) is 0 Å². The molecule has 0 aliphatic carbocycles. The quantitative estimate of drug-likeness (QED) is 0.672. The van der Waals surface area contributed by atoms with Gasteiger partial charge in [0.25, 0.3) is 5.91 Å². The number of aromatic nitrogens is 2. The fourth-order valence-corrected chi connectivity index (χ4v) is 3.85. The lowest BCUT2D eigenvalue weighted by molar-refractivity contribution is 0.0787. The second kappa shape index (κ2) is 7.97. The summed E-state index contributed by atoms with van der Waals surface area (Å²) in [4.78, 5) is 14.9. The van der Waals surface area contributed by atoms with E-state index in [4.69, 9.17) is 0 Å². The minimum absolute atomic E-state index is 0.0694. The number of halogens is 1. The van der Waals surface area contributed by atoms with Crippen molar-refractivity contribution in [3.05, 3.63) is 89.0 Å². The molecule has 4 nitrogen and oxygen atoms in total. The minimum Gasteiger partial charge on any atom is -0.338 e. The van der Waals surface area contributed by atoms with Gasteiger partial charge in [-0.05, 0) is 66.6 Å². The lowest BCUT2D eigenvalue weighted by Gasteiger charge is -2.17. The Balaban J connectivity index is 1.39. The molecule has 0 saturated carbocycles. The van der Waals surface area contributed by atoms with Crippen LogP contribution in [0.15, 0.2) is 60.9 Å². The third kappa shape index (κ3) is 4.14. The molecule has 1 unspecified atom stereocenters. The molecule has 4 rings (SSSR count). The second-order valence-corrected chi connectivity index (χ2v) is 7.60. The van der Waals surface area contributed by atoms with Gasteiger partial charge in [-0.3, -0.25) is 9.48 Å². The molecular formula is C23H24FN3O. The summed E-state index contributed by atoms with van der Waals surface area (Å²) in [7, 11) is 0. The summed E-state index contributed by atoms with van der Waals surface area (Å²) in [5.41, 5.74) is 3.44. The summed E-state index contributed by atoms with van der Waals surface area (Å²) >= 11 is 0. The highest BCUT2D eigenvalue weighted by Gasteiger charge is 2.27. The molecule has 0 N–H and O–H groups in total. The highest BCUT2D eigenvalue weighted by atomic mass is 19.1. The van der Waals surface area contributed by atoms with Gasteiger partial charge < -0.3 is 4.90 Å². The van der Waals surface area contributed by atoms with Gasteiger partial charge in [0.05, 0.1) is 6.54 Å². The fraction of sp³-hybridized carbons (Fsp3) is 0.304. The van der Waals surface area contributed by atoms with Gasteiger partial charge >= 0.3 is 0 Å². The van der Waals surface area contributed by atoms with E-state index in [0.29, 0.717) is 23.6 Å². The molecule has 1 amide bonds. The first kappa shape index (κ1) is 18.4. The van der Waals surface area contributed by atoms with Crippen molar-refractivity contribution in [2.24, 2.45) is 5.92 Å². The van der Waals surface area contributed by atoms with Gasteiger partial charge in [0, 0.05) is 31.0 Å². The number of benzene rings is 2. The molecule has 1 atom stereocenters. The van der Waals surface area contributed by atoms with Crippen LogP contribution in [0, 0.1) is 18.7 Å². The summed E-state index contributed by atoms with van der Waals surface area (Å²) in [6, 6.07) is 15.1. The summed E-state index contributed by atoms with van der Waals surface area (Å²) in [6.07, 6.45) is 5.42. The Morgan fingerprint density at radius 2 is 2.07 bits per heavy atom. The second-order valence-electron chi connectivity index (χ2n) is 7.60. The van der Waals surface area contributed by atoms with Crippen LogP contribution in [0.3, 0.4) is 0 Å². The Kier molecular flexibility index (Phi) is 5.24. The van der Waals surface area contributed by atoms with Crippen LogP contribution >= 0.6 is 0 Å². The maximum Gasteiger partial charge on any atom is 0.253 e. The van der Waals surface area contributed by atoms with Crippen molar-refractivity contribution in [2.45, 2.75) is 26.3 Å². The van der Waals surface area contributed by atoms with Gasteiger partial charge in [-0.1, -0.05) is 24.3 Å². The van der Waals surface area contributed by atoms with Crippen LogP contribution in [-0.4, -0.2) is 33.7 Å². The van der Waals surface area contributed by atoms with E-state index in [-0.39, 0.29) is 11.7 Å². The van der Waals surface area contributed by atoms with Crippen LogP contribution in [0.5, 0.6) is 0 Å². The molecule has 1 aromatic heterocycles. The van der Waals surface area contributed by atoms with Crippen LogP contribution in [0.25, 0.3) is 0 Å². The molecule has 5 heteroatoms. The molecule has 2 aromatic carbocycles. The molecule has 0 spiro atoms. The maximum absolute atomic E-state index is 13.8. The third-order valence-corrected chi connectivity index (χ3v) is 5.41. The van der Waals surface area contributed by atoms with Crippen LogP contribution in [0.2, 0.25) is 0 Å². The van der Waals surface area contributed by atoms with Crippen molar-refractivity contribution < 1.29 is 9.18 Å². The number of hydrogen-bond donors (Lipinski definition) is 0. The molecule has 0 radical (unpaired) electrons. The number of amides is 1. The van der Waals surface area contributed by atoms with Crippen molar-refractivity contribution >= 4 is 5.91 Å². The first-order chi connectivity index (χ1) is 13.6. The molecular weight excluding hydrogens is 353 g/mol. The van der Waals surface area contributed by atoms with Gasteiger partial charge in [0.2, 0.25) is 0 Å². The van der Waals surface area contributed by atoms with E-state index in [1.807, 2.05) is 58.2 Å². The highest BCUT2D eigenvalue weighted by molar-refractivity contribution is 5.94. The van der Waals surface area contributed by atoms with Gasteiger partial charge in [-0.2, -0.15) is 5.10 Å². The SMILES string of the molecule is Cc1ccc(CC2CCN(C(=O)c3cccc(Cn4cccn4)c3)C2)cc1F. The zero-order valence-corrected chi connectivity index (χ0v) is 16.0. The van der Waals surface area contributed by atoms with Gasteiger partial charge in [0.1, 0.15) is 5.82 Å². The van der Waals surface area contributed by atoms with Crippen LogP contribution in [0.4, 0.5) is 4.39 Å². The Bertz CT molecular complexity index is 968. The highest BCUT2D eigenvalue weighted by Crippen LogP contribution is 2.23. The lowest BCUT2D eigenvalue weighted by atomic mass is 9.98. The number of aryl methyl sites for hydroxylation is 1. The molecule has 144 valence electrons. The van der Waals surface area contributed by atoms with Gasteiger partial charge in [-0.25, -0.2) is 4.39 Å². The molecule has 28 heavy (non-hydrogen) atoms. The van der Waals surface area contributed by atoms with E-state index in [9.17, 15) is 9.18 Å². The van der Waals surface area contributed by atoms with Crippen molar-refractivity contribution in [3.8, 4) is 0 Å². The first-order valence-electron chi connectivity index (χ1n) is 9.69. The van der Waals surface area contributed by atoms with Crippen LogP contribution in [-0.2, 0) is 13.0 Å². The van der Waals surface area contributed by atoms with Crippen LogP contribution < -0.4 is 0 Å².